The number of hydrogen-bond donors (Lipinski definition) is 1. The van der Waals surface area contributed by atoms with Crippen LogP contribution in [0, 0.1) is 0 Å². The Balaban J connectivity index is 0.000000235. The molecule has 1 N–H and O–H groups in total. The van der Waals surface area contributed by atoms with E-state index >= 15 is 0 Å². The van der Waals surface area contributed by atoms with Crippen molar-refractivity contribution in [2.45, 2.75) is 20.8 Å². The number of carbonyl (C=O) groups excluding carboxylic acids is 7. The van der Waals surface area contributed by atoms with Crippen molar-refractivity contribution in [3.8, 4) is 0 Å². The molecule has 1 aromatic rings. The second-order valence-electron chi connectivity index (χ2n) is 6.92. The summed E-state index contributed by atoms with van der Waals surface area (Å²) in [5.74, 6) is -3.29. The van der Waals surface area contributed by atoms with Crippen molar-refractivity contribution in [2.75, 3.05) is 19.6 Å². The smallest absolute Gasteiger partial charge is 0.277 e. The minimum atomic E-state index is -0.521. The number of benzene rings is 1. The van der Waals surface area contributed by atoms with Crippen LogP contribution in [0.5, 0.6) is 0 Å². The molecule has 2 aliphatic rings. The molecule has 1 aromatic carbocycles. The molecule has 0 aromatic heterocycles. The van der Waals surface area contributed by atoms with Gasteiger partial charge < -0.3 is 5.32 Å². The van der Waals surface area contributed by atoms with Crippen LogP contribution in [0.25, 0.3) is 6.08 Å². The number of carbonyl (C=O) groups is 7. The van der Waals surface area contributed by atoms with Gasteiger partial charge in [-0.3, -0.25) is 48.3 Å². The Labute approximate surface area is 183 Å². The van der Waals surface area contributed by atoms with Crippen molar-refractivity contribution in [3.63, 3.8) is 0 Å². The molecule has 11 heteroatoms. The van der Waals surface area contributed by atoms with Crippen LogP contribution in [0.15, 0.2) is 36.0 Å². The van der Waals surface area contributed by atoms with Gasteiger partial charge in [0.1, 0.15) is 25.3 Å². The number of imide groups is 3. The summed E-state index contributed by atoms with van der Waals surface area (Å²) < 4.78 is 0. The number of amides is 7. The molecule has 0 atom stereocenters. The number of hydrogen-bond acceptors (Lipinski definition) is 7. The lowest BCUT2D eigenvalue weighted by Crippen LogP contribution is -2.56. The molecular weight excluding hydrogens is 420 g/mol. The van der Waals surface area contributed by atoms with Crippen LogP contribution in [0.4, 0.5) is 0 Å². The van der Waals surface area contributed by atoms with Gasteiger partial charge in [0.05, 0.1) is 0 Å². The first-order valence-corrected chi connectivity index (χ1v) is 9.52. The summed E-state index contributed by atoms with van der Waals surface area (Å²) in [7, 11) is 0. The van der Waals surface area contributed by atoms with Crippen molar-refractivity contribution in [1.29, 1.82) is 0 Å². The maximum atomic E-state index is 11.9. The highest BCUT2D eigenvalue weighted by Gasteiger charge is 2.34. The second kappa shape index (κ2) is 10.2. The molecule has 0 bridgehead atoms. The van der Waals surface area contributed by atoms with E-state index in [-0.39, 0.29) is 31.2 Å². The van der Waals surface area contributed by atoms with E-state index in [1.165, 1.54) is 20.8 Å². The summed E-state index contributed by atoms with van der Waals surface area (Å²) in [6.07, 6.45) is 1.55. The fraction of sp³-hybridized carbons (Fsp3) is 0.286. The van der Waals surface area contributed by atoms with Gasteiger partial charge in [-0.2, -0.15) is 0 Å². The number of piperazine rings is 2. The third-order valence-electron chi connectivity index (χ3n) is 4.49. The lowest BCUT2D eigenvalue weighted by atomic mass is 10.1. The summed E-state index contributed by atoms with van der Waals surface area (Å²) in [6.45, 7) is 2.77. The van der Waals surface area contributed by atoms with Crippen molar-refractivity contribution < 1.29 is 33.6 Å². The minimum absolute atomic E-state index is 0.118. The van der Waals surface area contributed by atoms with Crippen LogP contribution in [0.2, 0.25) is 0 Å². The largest absolute Gasteiger partial charge is 0.320 e. The quantitative estimate of drug-likeness (QED) is 0.566. The molecule has 2 fully saturated rings. The lowest BCUT2D eigenvalue weighted by Gasteiger charge is -2.29. The standard InChI is InChI=1S/C13H12N2O3.C8H10N2O4/c1-9(16)15-8-12(17)14-11(13(15)18)7-10-5-3-2-4-6-10;1-5(11)9-3-8(14)10(6(2)12)4-7(9)13/h2-7H,8H2,1H3,(H,14,17);3-4H2,1-2H3. The highest BCUT2D eigenvalue weighted by molar-refractivity contribution is 6.12. The highest BCUT2D eigenvalue weighted by atomic mass is 16.2. The van der Waals surface area contributed by atoms with Gasteiger partial charge in [-0.1, -0.05) is 30.3 Å². The maximum Gasteiger partial charge on any atom is 0.277 e. The minimum Gasteiger partial charge on any atom is -0.320 e. The topological polar surface area (TPSA) is 141 Å². The van der Waals surface area contributed by atoms with E-state index in [0.29, 0.717) is 0 Å². The fourth-order valence-corrected chi connectivity index (χ4v) is 2.86. The molecule has 3 rings (SSSR count). The molecule has 0 radical (unpaired) electrons. The van der Waals surface area contributed by atoms with E-state index in [2.05, 4.69) is 5.32 Å². The molecule has 7 amide bonds. The van der Waals surface area contributed by atoms with Crippen molar-refractivity contribution in [2.24, 2.45) is 0 Å². The van der Waals surface area contributed by atoms with E-state index in [4.69, 9.17) is 0 Å². The van der Waals surface area contributed by atoms with Crippen LogP contribution in [0.1, 0.15) is 26.3 Å². The number of rotatable bonds is 1. The van der Waals surface area contributed by atoms with Crippen LogP contribution in [-0.2, 0) is 33.6 Å². The van der Waals surface area contributed by atoms with Gasteiger partial charge in [-0.25, -0.2) is 0 Å². The van der Waals surface area contributed by atoms with Crippen LogP contribution < -0.4 is 5.32 Å². The van der Waals surface area contributed by atoms with Gasteiger partial charge in [-0.15, -0.1) is 0 Å². The molecule has 0 saturated carbocycles. The average Bonchev–Trinajstić information content (AvgIpc) is 2.72. The normalized spacial score (nSPS) is 17.6. The molecule has 2 heterocycles. The summed E-state index contributed by atoms with van der Waals surface area (Å²) in [6, 6.07) is 9.11. The number of nitrogens with one attached hydrogen (secondary N) is 1. The molecular formula is C21H22N4O7. The van der Waals surface area contributed by atoms with Crippen molar-refractivity contribution in [1.82, 2.24) is 20.0 Å². The molecule has 168 valence electrons. The van der Waals surface area contributed by atoms with Crippen molar-refractivity contribution in [3.05, 3.63) is 41.6 Å². The molecule has 2 saturated heterocycles. The Morgan fingerprint density at radius 2 is 1.22 bits per heavy atom. The molecule has 32 heavy (non-hydrogen) atoms. The predicted molar refractivity (Wildman–Crippen MR) is 110 cm³/mol. The SMILES string of the molecule is CC(=O)N1CC(=O)N(C(C)=O)CC1=O.CC(=O)N1CC(=O)NC(=Cc2ccccc2)C1=O. The van der Waals surface area contributed by atoms with Crippen molar-refractivity contribution >= 4 is 47.4 Å². The predicted octanol–water partition coefficient (Wildman–Crippen LogP) is -0.717. The summed E-state index contributed by atoms with van der Waals surface area (Å²) in [5.41, 5.74) is 0.902. The highest BCUT2D eigenvalue weighted by Crippen LogP contribution is 2.11. The second-order valence-corrected chi connectivity index (χ2v) is 6.92. The van der Waals surface area contributed by atoms with E-state index in [1.807, 2.05) is 18.2 Å². The third-order valence-corrected chi connectivity index (χ3v) is 4.49. The van der Waals surface area contributed by atoms with E-state index in [1.54, 1.807) is 18.2 Å². The van der Waals surface area contributed by atoms with E-state index < -0.39 is 35.4 Å². The summed E-state index contributed by atoms with van der Waals surface area (Å²) in [5, 5.41) is 2.48. The maximum absolute atomic E-state index is 11.9. The Bertz CT molecular complexity index is 984. The lowest BCUT2D eigenvalue weighted by molar-refractivity contribution is -0.161. The molecule has 0 unspecified atom stereocenters. The zero-order chi connectivity index (χ0) is 24.0. The van der Waals surface area contributed by atoms with Gasteiger partial charge >= 0.3 is 0 Å². The molecule has 2 aliphatic heterocycles. The first kappa shape index (κ1) is 24.1. The zero-order valence-corrected chi connectivity index (χ0v) is 17.8. The van der Waals surface area contributed by atoms with Gasteiger partial charge in [0, 0.05) is 20.8 Å². The Kier molecular flexibility index (Phi) is 7.72. The molecule has 11 nitrogen and oxygen atoms in total. The van der Waals surface area contributed by atoms with Gasteiger partial charge in [0.25, 0.3) is 5.91 Å². The Morgan fingerprint density at radius 1 is 0.750 bits per heavy atom. The fourth-order valence-electron chi connectivity index (χ4n) is 2.86. The molecule has 0 spiro atoms. The first-order chi connectivity index (χ1) is 15.0. The van der Waals surface area contributed by atoms with Gasteiger partial charge in [0.2, 0.25) is 35.4 Å². The van der Waals surface area contributed by atoms with E-state index in [9.17, 15) is 33.6 Å². The Morgan fingerprint density at radius 3 is 1.66 bits per heavy atom. The van der Waals surface area contributed by atoms with Crippen LogP contribution in [0.3, 0.4) is 0 Å². The van der Waals surface area contributed by atoms with Crippen LogP contribution in [-0.4, -0.2) is 75.7 Å². The van der Waals surface area contributed by atoms with Gasteiger partial charge in [0.15, 0.2) is 0 Å². The van der Waals surface area contributed by atoms with Crippen LogP contribution >= 0.6 is 0 Å². The molecule has 0 aliphatic carbocycles. The van der Waals surface area contributed by atoms with E-state index in [0.717, 1.165) is 20.3 Å². The summed E-state index contributed by atoms with van der Waals surface area (Å²) >= 11 is 0. The number of nitrogens with zero attached hydrogens (tertiary/aromatic N) is 3. The zero-order valence-electron chi connectivity index (χ0n) is 17.8. The Hall–Kier alpha value is -4.15. The van der Waals surface area contributed by atoms with Gasteiger partial charge in [-0.05, 0) is 11.6 Å². The first-order valence-electron chi connectivity index (χ1n) is 9.52. The monoisotopic (exact) mass is 442 g/mol. The third kappa shape index (κ3) is 5.94. The average molecular weight is 442 g/mol. The summed E-state index contributed by atoms with van der Waals surface area (Å²) in [4.78, 5) is 81.5.